The molecule has 1 aliphatic rings. The highest BCUT2D eigenvalue weighted by molar-refractivity contribution is 5.23. The summed E-state index contributed by atoms with van der Waals surface area (Å²) in [6.45, 7) is 4.64. The molecular weight excluding hydrogens is 234 g/mol. The number of nitrogens with zero attached hydrogens (tertiary/aromatic N) is 1. The van der Waals surface area contributed by atoms with Crippen LogP contribution in [-0.2, 0) is 0 Å². The molecule has 18 heavy (non-hydrogen) atoms. The van der Waals surface area contributed by atoms with E-state index in [9.17, 15) is 8.78 Å². The summed E-state index contributed by atoms with van der Waals surface area (Å²) in [7, 11) is 0. The third kappa shape index (κ3) is 3.06. The second kappa shape index (κ2) is 5.76. The molecule has 1 saturated heterocycles. The Morgan fingerprint density at radius 2 is 2.06 bits per heavy atom. The molecule has 2 unspecified atom stereocenters. The standard InChI is InChI=1S/C14H20F2N2/c1-10-4-3-7-18(8-10)9-13(17)14-11(15)5-2-6-12(14)16/h2,5-6,10,13H,3-4,7-9,17H2,1H3. The molecule has 0 aromatic heterocycles. The van der Waals surface area contributed by atoms with Crippen LogP contribution in [0.15, 0.2) is 18.2 Å². The highest BCUT2D eigenvalue weighted by Crippen LogP contribution is 2.22. The summed E-state index contributed by atoms with van der Waals surface area (Å²) in [5.74, 6) is -0.462. The fourth-order valence-corrected chi connectivity index (χ4v) is 2.69. The van der Waals surface area contributed by atoms with Crippen molar-refractivity contribution in [2.75, 3.05) is 19.6 Å². The third-order valence-corrected chi connectivity index (χ3v) is 3.57. The maximum Gasteiger partial charge on any atom is 0.130 e. The molecule has 2 atom stereocenters. The molecule has 0 amide bonds. The maximum absolute atomic E-state index is 13.6. The highest BCUT2D eigenvalue weighted by Gasteiger charge is 2.22. The number of benzene rings is 1. The van der Waals surface area contributed by atoms with Gasteiger partial charge in [-0.25, -0.2) is 8.78 Å². The smallest absolute Gasteiger partial charge is 0.130 e. The Balaban J connectivity index is 2.05. The van der Waals surface area contributed by atoms with E-state index in [0.717, 1.165) is 19.5 Å². The van der Waals surface area contributed by atoms with Crippen LogP contribution >= 0.6 is 0 Å². The molecule has 0 spiro atoms. The van der Waals surface area contributed by atoms with Crippen molar-refractivity contribution in [3.63, 3.8) is 0 Å². The van der Waals surface area contributed by atoms with Crippen molar-refractivity contribution in [1.82, 2.24) is 4.90 Å². The average molecular weight is 254 g/mol. The topological polar surface area (TPSA) is 29.3 Å². The Kier molecular flexibility index (Phi) is 4.30. The average Bonchev–Trinajstić information content (AvgIpc) is 2.28. The van der Waals surface area contributed by atoms with E-state index in [4.69, 9.17) is 5.73 Å². The molecule has 100 valence electrons. The van der Waals surface area contributed by atoms with Gasteiger partial charge in [-0.1, -0.05) is 13.0 Å². The van der Waals surface area contributed by atoms with E-state index in [1.54, 1.807) is 0 Å². The first-order valence-electron chi connectivity index (χ1n) is 6.49. The van der Waals surface area contributed by atoms with Crippen LogP contribution in [0.25, 0.3) is 0 Å². The molecule has 2 nitrogen and oxygen atoms in total. The summed E-state index contributed by atoms with van der Waals surface area (Å²) in [6.07, 6.45) is 2.35. The first-order chi connectivity index (χ1) is 8.58. The maximum atomic E-state index is 13.6. The minimum Gasteiger partial charge on any atom is -0.323 e. The van der Waals surface area contributed by atoms with Crippen LogP contribution in [-0.4, -0.2) is 24.5 Å². The molecule has 2 rings (SSSR count). The zero-order valence-corrected chi connectivity index (χ0v) is 10.7. The van der Waals surface area contributed by atoms with Gasteiger partial charge in [0, 0.05) is 24.7 Å². The van der Waals surface area contributed by atoms with Crippen LogP contribution in [0.1, 0.15) is 31.4 Å². The molecule has 1 heterocycles. The van der Waals surface area contributed by atoms with Crippen molar-refractivity contribution >= 4 is 0 Å². The lowest BCUT2D eigenvalue weighted by Crippen LogP contribution is -2.39. The molecule has 0 radical (unpaired) electrons. The lowest BCUT2D eigenvalue weighted by Gasteiger charge is -2.32. The van der Waals surface area contributed by atoms with Crippen LogP contribution in [0.3, 0.4) is 0 Å². The van der Waals surface area contributed by atoms with Gasteiger partial charge < -0.3 is 10.6 Å². The largest absolute Gasteiger partial charge is 0.323 e. The van der Waals surface area contributed by atoms with Crippen LogP contribution in [0.2, 0.25) is 0 Å². The summed E-state index contributed by atoms with van der Waals surface area (Å²) in [5.41, 5.74) is 5.96. The van der Waals surface area contributed by atoms with Crippen molar-refractivity contribution in [3.05, 3.63) is 35.4 Å². The van der Waals surface area contributed by atoms with Gasteiger partial charge in [-0.15, -0.1) is 0 Å². The van der Waals surface area contributed by atoms with Gasteiger partial charge in [-0.2, -0.15) is 0 Å². The highest BCUT2D eigenvalue weighted by atomic mass is 19.1. The number of piperidine rings is 1. The van der Waals surface area contributed by atoms with Crippen molar-refractivity contribution < 1.29 is 8.78 Å². The summed E-state index contributed by atoms with van der Waals surface area (Å²) in [4.78, 5) is 2.20. The lowest BCUT2D eigenvalue weighted by atomic mass is 9.98. The molecule has 0 bridgehead atoms. The number of hydrogen-bond acceptors (Lipinski definition) is 2. The second-order valence-electron chi connectivity index (χ2n) is 5.25. The van der Waals surface area contributed by atoms with E-state index < -0.39 is 17.7 Å². The fraction of sp³-hybridized carbons (Fsp3) is 0.571. The summed E-state index contributed by atoms with van der Waals surface area (Å²) < 4.78 is 27.2. The zero-order valence-electron chi connectivity index (χ0n) is 10.7. The van der Waals surface area contributed by atoms with Gasteiger partial charge in [0.15, 0.2) is 0 Å². The SMILES string of the molecule is CC1CCCN(CC(N)c2c(F)cccc2F)C1. The Hall–Kier alpha value is -1.00. The molecule has 1 aromatic rings. The summed E-state index contributed by atoms with van der Waals surface area (Å²) in [5, 5.41) is 0. The van der Waals surface area contributed by atoms with Crippen molar-refractivity contribution in [1.29, 1.82) is 0 Å². The molecule has 4 heteroatoms. The van der Waals surface area contributed by atoms with E-state index in [1.165, 1.54) is 24.6 Å². The Morgan fingerprint density at radius 1 is 1.39 bits per heavy atom. The van der Waals surface area contributed by atoms with Crippen LogP contribution in [0.5, 0.6) is 0 Å². The van der Waals surface area contributed by atoms with Crippen LogP contribution < -0.4 is 5.73 Å². The van der Waals surface area contributed by atoms with E-state index in [-0.39, 0.29) is 5.56 Å². The summed E-state index contributed by atoms with van der Waals surface area (Å²) in [6, 6.07) is 3.29. The number of rotatable bonds is 3. The lowest BCUT2D eigenvalue weighted by molar-refractivity contribution is 0.173. The molecule has 1 fully saturated rings. The fourth-order valence-electron chi connectivity index (χ4n) is 2.69. The van der Waals surface area contributed by atoms with Gasteiger partial charge in [0.1, 0.15) is 11.6 Å². The second-order valence-corrected chi connectivity index (χ2v) is 5.25. The van der Waals surface area contributed by atoms with Crippen LogP contribution in [0.4, 0.5) is 8.78 Å². The quantitative estimate of drug-likeness (QED) is 0.898. The molecule has 0 saturated carbocycles. The van der Waals surface area contributed by atoms with E-state index >= 15 is 0 Å². The van der Waals surface area contributed by atoms with Crippen molar-refractivity contribution in [2.24, 2.45) is 11.7 Å². The Bertz CT molecular complexity index is 389. The van der Waals surface area contributed by atoms with E-state index in [2.05, 4.69) is 11.8 Å². The zero-order chi connectivity index (χ0) is 13.1. The van der Waals surface area contributed by atoms with Crippen LogP contribution in [0, 0.1) is 17.6 Å². The number of likely N-dealkylation sites (tertiary alicyclic amines) is 1. The number of halogens is 2. The molecule has 2 N–H and O–H groups in total. The third-order valence-electron chi connectivity index (χ3n) is 3.57. The Morgan fingerprint density at radius 3 is 2.67 bits per heavy atom. The minimum atomic E-state index is -0.600. The predicted octanol–water partition coefficient (Wildman–Crippen LogP) is 2.70. The van der Waals surface area contributed by atoms with Gasteiger partial charge in [0.25, 0.3) is 0 Å². The van der Waals surface area contributed by atoms with Gasteiger partial charge in [0.05, 0.1) is 0 Å². The molecule has 1 aliphatic heterocycles. The Labute approximate surface area is 107 Å². The van der Waals surface area contributed by atoms with E-state index in [0.29, 0.717) is 12.5 Å². The number of hydrogen-bond donors (Lipinski definition) is 1. The van der Waals surface area contributed by atoms with Gasteiger partial charge in [-0.05, 0) is 37.4 Å². The molecule has 1 aromatic carbocycles. The first-order valence-corrected chi connectivity index (χ1v) is 6.49. The van der Waals surface area contributed by atoms with Gasteiger partial charge in [0.2, 0.25) is 0 Å². The predicted molar refractivity (Wildman–Crippen MR) is 68.1 cm³/mol. The number of nitrogens with two attached hydrogens (primary N) is 1. The molecular formula is C14H20F2N2. The first kappa shape index (κ1) is 13.4. The minimum absolute atomic E-state index is 0.00993. The van der Waals surface area contributed by atoms with E-state index in [1.807, 2.05) is 0 Å². The monoisotopic (exact) mass is 254 g/mol. The normalized spacial score (nSPS) is 23.0. The van der Waals surface area contributed by atoms with Crippen molar-refractivity contribution in [2.45, 2.75) is 25.8 Å². The van der Waals surface area contributed by atoms with Crippen molar-refractivity contribution in [3.8, 4) is 0 Å². The van der Waals surface area contributed by atoms with Gasteiger partial charge in [-0.3, -0.25) is 0 Å². The van der Waals surface area contributed by atoms with Gasteiger partial charge >= 0.3 is 0 Å². The molecule has 0 aliphatic carbocycles. The summed E-state index contributed by atoms with van der Waals surface area (Å²) >= 11 is 0.